The maximum Gasteiger partial charge on any atom is 0.324 e. The van der Waals surface area contributed by atoms with Gasteiger partial charge in [0, 0.05) is 68.6 Å². The highest BCUT2D eigenvalue weighted by atomic mass is 19.1. The Bertz CT molecular complexity index is 2550. The number of nitrogens with one attached hydrogen (secondary N) is 2. The molecule has 358 valence electrons. The topological polar surface area (TPSA) is 163 Å². The van der Waals surface area contributed by atoms with Gasteiger partial charge >= 0.3 is 5.97 Å². The van der Waals surface area contributed by atoms with Crippen LogP contribution in [0.15, 0.2) is 67.3 Å². The highest BCUT2D eigenvalue weighted by molar-refractivity contribution is 5.96. The van der Waals surface area contributed by atoms with Crippen molar-refractivity contribution in [2.75, 3.05) is 47.0 Å². The van der Waals surface area contributed by atoms with Crippen molar-refractivity contribution in [1.29, 1.82) is 0 Å². The molecule has 0 aliphatic carbocycles. The lowest BCUT2D eigenvalue weighted by molar-refractivity contribution is -0.155. The van der Waals surface area contributed by atoms with Gasteiger partial charge in [0.15, 0.2) is 0 Å². The van der Waals surface area contributed by atoms with E-state index in [1.807, 2.05) is 65.0 Å². The molecular formula is C52H65FN6O8. The molecule has 3 aliphatic rings. The Balaban J connectivity index is 1.31. The number of methoxy groups -OCH3 is 1. The Morgan fingerprint density at radius 1 is 1.09 bits per heavy atom. The van der Waals surface area contributed by atoms with Crippen LogP contribution >= 0.6 is 0 Å². The number of rotatable bonds is 11. The summed E-state index contributed by atoms with van der Waals surface area (Å²) in [5, 5.41) is 16.5. The average molecular weight is 921 g/mol. The Kier molecular flexibility index (Phi) is 14.9. The van der Waals surface area contributed by atoms with Gasteiger partial charge in [0.25, 0.3) is 5.91 Å². The Morgan fingerprint density at radius 2 is 1.87 bits per heavy atom. The molecule has 3 aliphatic heterocycles. The molecule has 3 aromatic carbocycles. The SMILES string of the molecule is C=CC(=O)N1CC[C@H](C(=O)N(C)C(C(=O)N[C@H]2Cc3cc(O)cc(c3)-c3ccc4c(c3)c(c(-c3c(F)cccc3CCOC)n4CC)CC(C)(C)COC(=O)[C@@H]3CCCN(N3)C2=O)C(C)C)C1. The Hall–Kier alpha value is -6.06. The number of likely N-dealkylation sites (N-methyl/N-ethyl adjacent to an activating group) is 1. The van der Waals surface area contributed by atoms with Gasteiger partial charge in [-0.05, 0) is 109 Å². The number of cyclic esters (lactones) is 1. The number of aryl methyl sites for hydroxylation is 1. The number of esters is 1. The molecule has 4 atom stereocenters. The first-order valence-corrected chi connectivity index (χ1v) is 23.4. The van der Waals surface area contributed by atoms with E-state index in [0.29, 0.717) is 68.5 Å². The van der Waals surface area contributed by atoms with Gasteiger partial charge < -0.3 is 34.3 Å². The molecule has 4 heterocycles. The molecule has 67 heavy (non-hydrogen) atoms. The lowest BCUT2D eigenvalue weighted by Crippen LogP contribution is -2.62. The van der Waals surface area contributed by atoms with Gasteiger partial charge in [-0.2, -0.15) is 0 Å². The van der Waals surface area contributed by atoms with Crippen molar-refractivity contribution >= 4 is 40.5 Å². The van der Waals surface area contributed by atoms with Crippen LogP contribution in [-0.2, 0) is 59.3 Å². The second-order valence-electron chi connectivity index (χ2n) is 19.3. The number of benzene rings is 3. The van der Waals surface area contributed by atoms with Crippen molar-refractivity contribution in [1.82, 2.24) is 30.1 Å². The molecule has 15 heteroatoms. The number of aromatic nitrogens is 1. The van der Waals surface area contributed by atoms with Crippen LogP contribution in [0.3, 0.4) is 0 Å². The third kappa shape index (κ3) is 10.4. The second-order valence-corrected chi connectivity index (χ2v) is 19.3. The van der Waals surface area contributed by atoms with Crippen LogP contribution in [0.4, 0.5) is 4.39 Å². The molecule has 3 N–H and O–H groups in total. The van der Waals surface area contributed by atoms with E-state index in [4.69, 9.17) is 9.47 Å². The molecule has 0 spiro atoms. The Labute approximate surface area is 392 Å². The highest BCUT2D eigenvalue weighted by Gasteiger charge is 2.40. The number of amides is 4. The number of hydrogen-bond acceptors (Lipinski definition) is 9. The number of phenols is 1. The predicted molar refractivity (Wildman–Crippen MR) is 254 cm³/mol. The normalized spacial score (nSPS) is 20.3. The standard InChI is InChI=1S/C52H65FN6O8/c1-9-44(61)57-21-18-35(29-57)49(63)56(7)46(31(3)4)48(62)54-42-25-32-23-36(26-37(60)24-32)34-16-17-43-38(27-34)39(47(58(43)10-2)45-33(19-22-66-8)13-11-14-40(45)53)28-52(5,6)30-67-51(65)41-15-12-20-59(55-41)50(42)64/h9,11,13-14,16-17,23-24,26-27,31,35,41-42,46,55,60H,1,10,12,15,18-22,25,28-30H2,2-8H3,(H,54,62)/t35-,41-,42-,46?/m0/s1. The van der Waals surface area contributed by atoms with Crippen LogP contribution in [0, 0.1) is 23.1 Å². The van der Waals surface area contributed by atoms with E-state index >= 15 is 4.39 Å². The predicted octanol–water partition coefficient (Wildman–Crippen LogP) is 6.19. The van der Waals surface area contributed by atoms with E-state index in [0.717, 1.165) is 33.3 Å². The number of aromatic hydroxyl groups is 1. The van der Waals surface area contributed by atoms with Gasteiger partial charge in [0.1, 0.15) is 29.7 Å². The minimum atomic E-state index is -1.19. The monoisotopic (exact) mass is 920 g/mol. The van der Waals surface area contributed by atoms with Gasteiger partial charge in [-0.1, -0.05) is 58.5 Å². The summed E-state index contributed by atoms with van der Waals surface area (Å²) < 4.78 is 30.0. The van der Waals surface area contributed by atoms with Crippen LogP contribution in [-0.4, -0.2) is 119 Å². The lowest BCUT2D eigenvalue weighted by atomic mass is 9.83. The molecule has 0 radical (unpaired) electrons. The third-order valence-electron chi connectivity index (χ3n) is 13.4. The van der Waals surface area contributed by atoms with Crippen molar-refractivity contribution in [2.45, 2.75) is 97.8 Å². The summed E-state index contributed by atoms with van der Waals surface area (Å²) in [6, 6.07) is 13.2. The summed E-state index contributed by atoms with van der Waals surface area (Å²) in [5.74, 6) is -3.40. The zero-order valence-electron chi connectivity index (χ0n) is 39.8. The molecule has 4 aromatic rings. The maximum atomic E-state index is 16.4. The number of likely N-dealkylation sites (tertiary alicyclic amines) is 1. The summed E-state index contributed by atoms with van der Waals surface area (Å²) in [6.45, 7) is 15.1. The summed E-state index contributed by atoms with van der Waals surface area (Å²) in [7, 11) is 3.19. The molecule has 14 nitrogen and oxygen atoms in total. The molecule has 2 fully saturated rings. The number of ether oxygens (including phenoxy) is 2. The first kappa shape index (κ1) is 48.9. The molecule has 4 amide bonds. The largest absolute Gasteiger partial charge is 0.508 e. The van der Waals surface area contributed by atoms with E-state index in [1.165, 1.54) is 22.1 Å². The molecule has 1 unspecified atom stereocenters. The van der Waals surface area contributed by atoms with Crippen molar-refractivity contribution in [3.05, 3.63) is 89.8 Å². The summed E-state index contributed by atoms with van der Waals surface area (Å²) in [6.07, 6.45) is 3.42. The fourth-order valence-corrected chi connectivity index (χ4v) is 10.1. The molecule has 6 bridgehead atoms. The average Bonchev–Trinajstić information content (AvgIpc) is 3.91. The minimum Gasteiger partial charge on any atom is -0.508 e. The van der Waals surface area contributed by atoms with E-state index in [9.17, 15) is 29.1 Å². The number of halogens is 1. The van der Waals surface area contributed by atoms with Crippen molar-refractivity contribution in [3.63, 3.8) is 0 Å². The van der Waals surface area contributed by atoms with Gasteiger partial charge in [-0.3, -0.25) is 29.0 Å². The smallest absolute Gasteiger partial charge is 0.324 e. The minimum absolute atomic E-state index is 0.0323. The lowest BCUT2D eigenvalue weighted by Gasteiger charge is -2.37. The number of nitrogens with zero attached hydrogens (tertiary/aromatic N) is 4. The van der Waals surface area contributed by atoms with E-state index < -0.39 is 47.2 Å². The van der Waals surface area contributed by atoms with Crippen LogP contribution in [0.1, 0.15) is 70.6 Å². The first-order valence-electron chi connectivity index (χ1n) is 23.4. The summed E-state index contributed by atoms with van der Waals surface area (Å²) in [4.78, 5) is 72.3. The second kappa shape index (κ2) is 20.4. The van der Waals surface area contributed by atoms with E-state index in [2.05, 4.69) is 21.9 Å². The first-order chi connectivity index (χ1) is 31.9. The summed E-state index contributed by atoms with van der Waals surface area (Å²) in [5.41, 5.74) is 8.24. The van der Waals surface area contributed by atoms with Crippen molar-refractivity contribution < 1.29 is 42.9 Å². The van der Waals surface area contributed by atoms with Gasteiger partial charge in [-0.25, -0.2) is 9.82 Å². The number of phenolic OH excluding ortho intramolecular Hbond substituents is 1. The fourth-order valence-electron chi connectivity index (χ4n) is 10.1. The highest BCUT2D eigenvalue weighted by Crippen LogP contribution is 2.42. The van der Waals surface area contributed by atoms with Gasteiger partial charge in [0.05, 0.1) is 24.8 Å². The number of hydrazine groups is 1. The van der Waals surface area contributed by atoms with Crippen LogP contribution in [0.5, 0.6) is 5.75 Å². The number of carbonyl (C=O) groups is 5. The molecule has 2 saturated heterocycles. The fraction of sp³-hybridized carbons (Fsp3) is 0.481. The number of hydrogen-bond donors (Lipinski definition) is 3. The van der Waals surface area contributed by atoms with Crippen LogP contribution in [0.25, 0.3) is 33.3 Å². The van der Waals surface area contributed by atoms with E-state index in [1.54, 1.807) is 37.3 Å². The summed E-state index contributed by atoms with van der Waals surface area (Å²) >= 11 is 0. The Morgan fingerprint density at radius 3 is 2.58 bits per heavy atom. The number of fused-ring (bicyclic) bond motifs is 6. The number of carbonyl (C=O) groups excluding carboxylic acids is 5. The zero-order chi connectivity index (χ0) is 48.3. The molecular weight excluding hydrogens is 856 g/mol. The molecule has 7 rings (SSSR count). The van der Waals surface area contributed by atoms with Crippen molar-refractivity contribution in [2.24, 2.45) is 17.3 Å². The molecule has 1 aromatic heterocycles. The molecule has 0 saturated carbocycles. The van der Waals surface area contributed by atoms with Gasteiger partial charge in [-0.15, -0.1) is 0 Å². The maximum absolute atomic E-state index is 16.4. The van der Waals surface area contributed by atoms with Crippen LogP contribution < -0.4 is 10.7 Å². The van der Waals surface area contributed by atoms with Crippen molar-refractivity contribution in [3.8, 4) is 28.1 Å². The zero-order valence-corrected chi connectivity index (χ0v) is 39.8. The third-order valence-corrected chi connectivity index (χ3v) is 13.4. The van der Waals surface area contributed by atoms with E-state index in [-0.39, 0.29) is 55.4 Å². The van der Waals surface area contributed by atoms with Gasteiger partial charge in [0.2, 0.25) is 17.7 Å². The quantitative estimate of drug-likeness (QED) is 0.118. The van der Waals surface area contributed by atoms with Crippen LogP contribution in [0.2, 0.25) is 0 Å².